The molecule has 1 aliphatic heterocycles. The highest BCUT2D eigenvalue weighted by molar-refractivity contribution is 7.09. The van der Waals surface area contributed by atoms with E-state index in [-0.39, 0.29) is 12.2 Å². The third-order valence-electron chi connectivity index (χ3n) is 6.59. The first-order valence-electron chi connectivity index (χ1n) is 11.8. The number of aromatic nitrogens is 1. The van der Waals surface area contributed by atoms with Crippen LogP contribution in [-0.4, -0.2) is 58.0 Å². The molecule has 0 fully saturated rings. The highest BCUT2D eigenvalue weighted by Crippen LogP contribution is 2.31. The molecule has 1 aromatic rings. The number of aliphatic hydroxyl groups excluding tert-OH is 2. The Morgan fingerprint density at radius 3 is 2.53 bits per heavy atom. The van der Waals surface area contributed by atoms with E-state index >= 15 is 0 Å². The summed E-state index contributed by atoms with van der Waals surface area (Å²) in [6, 6.07) is 0. The summed E-state index contributed by atoms with van der Waals surface area (Å²) in [5, 5.41) is 24.3. The van der Waals surface area contributed by atoms with E-state index in [4.69, 9.17) is 9.47 Å². The molecule has 0 spiro atoms. The fraction of sp³-hybridized carbons (Fsp3) is 0.654. The van der Waals surface area contributed by atoms with E-state index in [9.17, 15) is 19.8 Å². The molecule has 0 aromatic carbocycles. The second-order valence-electron chi connectivity index (χ2n) is 9.86. The Hall–Kier alpha value is -1.87. The van der Waals surface area contributed by atoms with Crippen molar-refractivity contribution in [2.45, 2.75) is 92.1 Å². The number of Topliss-reactive ketones (excluding diaryl/α,β-unsaturated/α-hetero) is 1. The van der Waals surface area contributed by atoms with Crippen LogP contribution in [0.15, 0.2) is 22.6 Å². The first-order chi connectivity index (χ1) is 15.8. The third kappa shape index (κ3) is 7.57. The molecule has 7 nitrogen and oxygen atoms in total. The molecule has 190 valence electrons. The van der Waals surface area contributed by atoms with Crippen molar-refractivity contribution in [2.75, 3.05) is 6.61 Å². The van der Waals surface area contributed by atoms with Crippen LogP contribution in [0.5, 0.6) is 0 Å². The minimum absolute atomic E-state index is 0.324. The molecule has 34 heavy (non-hydrogen) atoms. The van der Waals surface area contributed by atoms with Crippen LogP contribution in [0.4, 0.5) is 0 Å². The van der Waals surface area contributed by atoms with Crippen molar-refractivity contribution in [1.29, 1.82) is 0 Å². The van der Waals surface area contributed by atoms with Gasteiger partial charge in [-0.15, -0.1) is 11.3 Å². The Morgan fingerprint density at radius 2 is 1.91 bits per heavy atom. The van der Waals surface area contributed by atoms with Crippen LogP contribution < -0.4 is 0 Å². The number of cyclic esters (lactones) is 1. The third-order valence-corrected chi connectivity index (χ3v) is 7.38. The van der Waals surface area contributed by atoms with Crippen LogP contribution in [0.1, 0.15) is 71.5 Å². The first-order valence-corrected chi connectivity index (χ1v) is 12.7. The van der Waals surface area contributed by atoms with E-state index in [1.165, 1.54) is 0 Å². The Balaban J connectivity index is 2.33. The van der Waals surface area contributed by atoms with Crippen molar-refractivity contribution < 1.29 is 29.3 Å². The summed E-state index contributed by atoms with van der Waals surface area (Å²) < 4.78 is 11.6. The lowest BCUT2D eigenvalue weighted by molar-refractivity contribution is -0.154. The maximum atomic E-state index is 13.1. The molecule has 1 unspecified atom stereocenters. The summed E-state index contributed by atoms with van der Waals surface area (Å²) in [6.07, 6.45) is 1.38. The molecule has 0 saturated carbocycles. The van der Waals surface area contributed by atoms with E-state index in [1.54, 1.807) is 39.0 Å². The molecule has 0 amide bonds. The predicted octanol–water partition coefficient (Wildman–Crippen LogP) is 4.26. The van der Waals surface area contributed by atoms with Gasteiger partial charge >= 0.3 is 5.97 Å². The zero-order valence-electron chi connectivity index (χ0n) is 21.3. The molecule has 0 bridgehead atoms. The van der Waals surface area contributed by atoms with Crippen molar-refractivity contribution in [1.82, 2.24) is 4.98 Å². The minimum Gasteiger partial charge on any atom is -0.457 e. The number of carbonyl (C=O) groups excluding carboxylic acids is 2. The van der Waals surface area contributed by atoms with Crippen molar-refractivity contribution in [3.05, 3.63) is 33.3 Å². The van der Waals surface area contributed by atoms with Crippen LogP contribution >= 0.6 is 11.3 Å². The number of esters is 1. The molecule has 0 aliphatic carbocycles. The number of aliphatic hydroxyl groups is 2. The van der Waals surface area contributed by atoms with Gasteiger partial charge in [-0.25, -0.2) is 4.98 Å². The highest BCUT2D eigenvalue weighted by Gasteiger charge is 2.42. The second-order valence-corrected chi connectivity index (χ2v) is 10.9. The number of thiazole rings is 1. The SMILES string of the molecule is C/C1=C/CC(/C(C)=C/c2csc(C)n2)OC(=O)C[C@H](O)C(C)(C)C(=O)[C@@H](C)[C@@H](O)[C@@H](C)OCC1. The average molecular weight is 494 g/mol. The topological polar surface area (TPSA) is 106 Å². The number of hydrogen-bond acceptors (Lipinski definition) is 8. The molecule has 0 saturated heterocycles. The Morgan fingerprint density at radius 1 is 1.24 bits per heavy atom. The normalized spacial score (nSPS) is 32.1. The first kappa shape index (κ1) is 28.4. The Labute approximate surface area is 206 Å². The highest BCUT2D eigenvalue weighted by atomic mass is 32.1. The summed E-state index contributed by atoms with van der Waals surface area (Å²) in [7, 11) is 0. The maximum Gasteiger partial charge on any atom is 0.309 e. The van der Waals surface area contributed by atoms with Crippen molar-refractivity contribution in [3.8, 4) is 0 Å². The van der Waals surface area contributed by atoms with E-state index < -0.39 is 41.7 Å². The lowest BCUT2D eigenvalue weighted by Crippen LogP contribution is -2.47. The van der Waals surface area contributed by atoms with Crippen LogP contribution in [0.3, 0.4) is 0 Å². The van der Waals surface area contributed by atoms with Gasteiger partial charge in [-0.2, -0.15) is 0 Å². The van der Waals surface area contributed by atoms with Gasteiger partial charge in [0.15, 0.2) is 0 Å². The molecule has 1 aromatic heterocycles. The van der Waals surface area contributed by atoms with Crippen molar-refractivity contribution >= 4 is 29.2 Å². The van der Waals surface area contributed by atoms with Crippen LogP contribution in [0.25, 0.3) is 6.08 Å². The van der Waals surface area contributed by atoms with Gasteiger partial charge in [0.2, 0.25) is 0 Å². The van der Waals surface area contributed by atoms with Gasteiger partial charge in [-0.1, -0.05) is 32.4 Å². The summed E-state index contributed by atoms with van der Waals surface area (Å²) in [5.41, 5.74) is 1.48. The van der Waals surface area contributed by atoms with Crippen LogP contribution in [-0.2, 0) is 19.1 Å². The molecule has 2 rings (SSSR count). The zero-order valence-corrected chi connectivity index (χ0v) is 22.1. The molecular formula is C26H39NO6S. The van der Waals surface area contributed by atoms with Gasteiger partial charge in [0.05, 0.1) is 47.5 Å². The van der Waals surface area contributed by atoms with Gasteiger partial charge in [-0.05, 0) is 45.8 Å². The quantitative estimate of drug-likeness (QED) is 0.468. The van der Waals surface area contributed by atoms with Gasteiger partial charge in [-0.3, -0.25) is 9.59 Å². The molecule has 1 aliphatic rings. The smallest absolute Gasteiger partial charge is 0.309 e. The standard InChI is InChI=1S/C26H39NO6S/c1-15-8-9-21(16(2)12-20-14-34-19(5)27-20)33-23(29)13-22(28)26(6,7)25(31)17(3)24(30)18(4)32-11-10-15/h8,12,14,17-18,21-22,24,28,30H,9-11,13H2,1-7H3/b15-8-,16-12+/t17-,18+,21?,22-,24+/m0/s1. The van der Waals surface area contributed by atoms with Gasteiger partial charge in [0, 0.05) is 17.7 Å². The second kappa shape index (κ2) is 12.2. The molecule has 2 N–H and O–H groups in total. The molecule has 8 heteroatoms. The number of hydrogen-bond donors (Lipinski definition) is 2. The number of aryl methyl sites for hydroxylation is 1. The van der Waals surface area contributed by atoms with Crippen molar-refractivity contribution in [2.24, 2.45) is 11.3 Å². The summed E-state index contributed by atoms with van der Waals surface area (Å²) in [4.78, 5) is 30.4. The Kier molecular flexibility index (Phi) is 10.2. The average Bonchev–Trinajstić information content (AvgIpc) is 3.18. The molecule has 2 heterocycles. The van der Waals surface area contributed by atoms with Crippen LogP contribution in [0, 0.1) is 18.3 Å². The minimum atomic E-state index is -1.25. The fourth-order valence-electron chi connectivity index (χ4n) is 3.95. The fourth-order valence-corrected chi connectivity index (χ4v) is 4.52. The predicted molar refractivity (Wildman–Crippen MR) is 133 cm³/mol. The number of nitrogens with zero attached hydrogens (tertiary/aromatic N) is 1. The zero-order chi connectivity index (χ0) is 25.6. The lowest BCUT2D eigenvalue weighted by atomic mass is 9.74. The number of carbonyl (C=O) groups is 2. The van der Waals surface area contributed by atoms with Gasteiger partial charge in [0.1, 0.15) is 11.9 Å². The van der Waals surface area contributed by atoms with E-state index in [0.717, 1.165) is 21.8 Å². The van der Waals surface area contributed by atoms with Gasteiger partial charge in [0.25, 0.3) is 0 Å². The van der Waals surface area contributed by atoms with Crippen LogP contribution in [0.2, 0.25) is 0 Å². The lowest BCUT2D eigenvalue weighted by Gasteiger charge is -2.34. The largest absolute Gasteiger partial charge is 0.457 e. The number of ketones is 1. The van der Waals surface area contributed by atoms with Crippen molar-refractivity contribution in [3.63, 3.8) is 0 Å². The van der Waals surface area contributed by atoms with E-state index in [1.807, 2.05) is 38.3 Å². The number of rotatable bonds is 2. The summed E-state index contributed by atoms with van der Waals surface area (Å²) in [6.45, 7) is 12.7. The summed E-state index contributed by atoms with van der Waals surface area (Å²) >= 11 is 1.55. The maximum absolute atomic E-state index is 13.1. The Bertz CT molecular complexity index is 918. The summed E-state index contributed by atoms with van der Waals surface area (Å²) in [5.74, 6) is -1.67. The monoisotopic (exact) mass is 493 g/mol. The molecular weight excluding hydrogens is 454 g/mol. The van der Waals surface area contributed by atoms with E-state index in [2.05, 4.69) is 4.98 Å². The van der Waals surface area contributed by atoms with E-state index in [0.29, 0.717) is 19.4 Å². The molecule has 0 radical (unpaired) electrons. The van der Waals surface area contributed by atoms with Gasteiger partial charge < -0.3 is 19.7 Å². The number of ether oxygens (including phenoxy) is 2. The molecule has 5 atom stereocenters.